The van der Waals surface area contributed by atoms with Gasteiger partial charge in [-0.25, -0.2) is 0 Å². The van der Waals surface area contributed by atoms with Crippen LogP contribution in [-0.2, 0) is 4.79 Å². The molecule has 0 aliphatic heterocycles. The number of nitro groups is 1. The monoisotopic (exact) mass is 390 g/mol. The quantitative estimate of drug-likeness (QED) is 0.525. The molecule has 0 aliphatic carbocycles. The largest absolute Gasteiger partial charge is 0.493 e. The number of anilines is 1. The SMILES string of the molecule is COc1ccc(OCC(C)(O)C(=O)Nc2ccc([N+](=O)[O-])c(C)c2)cc1OC. The van der Waals surface area contributed by atoms with Crippen LogP contribution in [0.1, 0.15) is 12.5 Å². The highest BCUT2D eigenvalue weighted by molar-refractivity contribution is 5.97. The molecule has 1 unspecified atom stereocenters. The summed E-state index contributed by atoms with van der Waals surface area (Å²) in [6, 6.07) is 8.99. The molecule has 2 aromatic rings. The van der Waals surface area contributed by atoms with Crippen LogP contribution in [0.5, 0.6) is 17.2 Å². The Bertz CT molecular complexity index is 881. The Morgan fingerprint density at radius 2 is 1.86 bits per heavy atom. The Morgan fingerprint density at radius 1 is 1.18 bits per heavy atom. The van der Waals surface area contributed by atoms with Crippen molar-refractivity contribution in [3.63, 3.8) is 0 Å². The Hall–Kier alpha value is -3.33. The number of aryl methyl sites for hydroxylation is 1. The van der Waals surface area contributed by atoms with Gasteiger partial charge < -0.3 is 24.6 Å². The molecule has 0 fully saturated rings. The Morgan fingerprint density at radius 3 is 2.43 bits per heavy atom. The first-order valence-corrected chi connectivity index (χ1v) is 8.31. The molecule has 0 heterocycles. The van der Waals surface area contributed by atoms with E-state index in [9.17, 15) is 20.0 Å². The van der Waals surface area contributed by atoms with Crippen molar-refractivity contribution in [3.8, 4) is 17.2 Å². The third-order valence-corrected chi connectivity index (χ3v) is 4.02. The molecule has 1 amide bonds. The highest BCUT2D eigenvalue weighted by Gasteiger charge is 2.32. The maximum absolute atomic E-state index is 12.4. The van der Waals surface area contributed by atoms with Gasteiger partial charge in [-0.3, -0.25) is 14.9 Å². The van der Waals surface area contributed by atoms with E-state index in [4.69, 9.17) is 14.2 Å². The summed E-state index contributed by atoms with van der Waals surface area (Å²) in [5, 5.41) is 23.8. The van der Waals surface area contributed by atoms with E-state index in [1.807, 2.05) is 0 Å². The van der Waals surface area contributed by atoms with E-state index in [0.717, 1.165) is 0 Å². The van der Waals surface area contributed by atoms with Gasteiger partial charge >= 0.3 is 0 Å². The summed E-state index contributed by atoms with van der Waals surface area (Å²) in [4.78, 5) is 22.7. The molecular weight excluding hydrogens is 368 g/mol. The van der Waals surface area contributed by atoms with Gasteiger partial charge in [-0.05, 0) is 38.1 Å². The Labute approximate surface area is 162 Å². The second kappa shape index (κ2) is 8.57. The van der Waals surface area contributed by atoms with Crippen LogP contribution in [0.3, 0.4) is 0 Å². The third kappa shape index (κ3) is 4.89. The van der Waals surface area contributed by atoms with Gasteiger partial charge in [-0.2, -0.15) is 0 Å². The van der Waals surface area contributed by atoms with Crippen LogP contribution in [0, 0.1) is 17.0 Å². The minimum atomic E-state index is -1.84. The summed E-state index contributed by atoms with van der Waals surface area (Å²) in [6.07, 6.45) is 0. The summed E-state index contributed by atoms with van der Waals surface area (Å²) in [7, 11) is 2.99. The van der Waals surface area contributed by atoms with Gasteiger partial charge in [0.05, 0.1) is 19.1 Å². The normalized spacial score (nSPS) is 12.6. The van der Waals surface area contributed by atoms with Crippen molar-refractivity contribution in [3.05, 3.63) is 52.1 Å². The predicted octanol–water partition coefficient (Wildman–Crippen LogP) is 2.69. The molecule has 0 spiro atoms. The standard InChI is InChI=1S/C19H22N2O7/c1-12-9-13(5-7-15(12)21(24)25)20-18(22)19(2,23)11-28-14-6-8-16(26-3)17(10-14)27-4/h5-10,23H,11H2,1-4H3,(H,20,22). The number of benzene rings is 2. The van der Waals surface area contributed by atoms with Gasteiger partial charge in [0.1, 0.15) is 12.4 Å². The molecule has 0 aromatic heterocycles. The highest BCUT2D eigenvalue weighted by atomic mass is 16.6. The molecule has 2 aromatic carbocycles. The zero-order valence-electron chi connectivity index (χ0n) is 16.0. The van der Waals surface area contributed by atoms with E-state index in [2.05, 4.69) is 5.32 Å². The molecule has 9 heteroatoms. The molecule has 150 valence electrons. The highest BCUT2D eigenvalue weighted by Crippen LogP contribution is 2.31. The van der Waals surface area contributed by atoms with Gasteiger partial charge in [0.2, 0.25) is 0 Å². The zero-order valence-corrected chi connectivity index (χ0v) is 16.0. The van der Waals surface area contributed by atoms with Crippen molar-refractivity contribution >= 4 is 17.3 Å². The molecule has 0 aliphatic rings. The van der Waals surface area contributed by atoms with Gasteiger partial charge in [-0.1, -0.05) is 0 Å². The number of rotatable bonds is 8. The number of nitrogens with one attached hydrogen (secondary N) is 1. The molecule has 0 saturated carbocycles. The summed E-state index contributed by atoms with van der Waals surface area (Å²) < 4.78 is 15.8. The van der Waals surface area contributed by atoms with Crippen molar-refractivity contribution in [1.82, 2.24) is 0 Å². The first-order valence-electron chi connectivity index (χ1n) is 8.31. The molecule has 2 rings (SSSR count). The predicted molar refractivity (Wildman–Crippen MR) is 102 cm³/mol. The lowest BCUT2D eigenvalue weighted by Gasteiger charge is -2.23. The lowest BCUT2D eigenvalue weighted by Crippen LogP contribution is -2.45. The van der Waals surface area contributed by atoms with Crippen LogP contribution in [0.2, 0.25) is 0 Å². The Balaban J connectivity index is 2.05. The fraction of sp³-hybridized carbons (Fsp3) is 0.316. The molecule has 0 radical (unpaired) electrons. The first kappa shape index (κ1) is 21.0. The number of nitro benzene ring substituents is 1. The second-order valence-corrected chi connectivity index (χ2v) is 6.29. The maximum Gasteiger partial charge on any atom is 0.272 e. The van der Waals surface area contributed by atoms with Crippen molar-refractivity contribution in [2.45, 2.75) is 19.4 Å². The average Bonchev–Trinajstić information content (AvgIpc) is 2.65. The van der Waals surface area contributed by atoms with Gasteiger partial charge in [-0.15, -0.1) is 0 Å². The molecule has 0 bridgehead atoms. The summed E-state index contributed by atoms with van der Waals surface area (Å²) in [5.74, 6) is 0.650. The molecule has 0 saturated heterocycles. The fourth-order valence-corrected chi connectivity index (χ4v) is 2.40. The minimum absolute atomic E-state index is 0.0541. The average molecular weight is 390 g/mol. The van der Waals surface area contributed by atoms with E-state index in [1.165, 1.54) is 39.3 Å². The van der Waals surface area contributed by atoms with Gasteiger partial charge in [0.25, 0.3) is 11.6 Å². The van der Waals surface area contributed by atoms with Crippen LogP contribution < -0.4 is 19.5 Å². The molecule has 28 heavy (non-hydrogen) atoms. The van der Waals surface area contributed by atoms with Crippen LogP contribution in [-0.4, -0.2) is 42.4 Å². The summed E-state index contributed by atoms with van der Waals surface area (Å²) in [5.41, 5.74) is -1.17. The number of methoxy groups -OCH3 is 2. The minimum Gasteiger partial charge on any atom is -0.493 e. The van der Waals surface area contributed by atoms with Gasteiger partial charge in [0, 0.05) is 23.4 Å². The number of hydrogen-bond donors (Lipinski definition) is 2. The number of hydrogen-bond acceptors (Lipinski definition) is 7. The fourth-order valence-electron chi connectivity index (χ4n) is 2.40. The number of carbonyl (C=O) groups is 1. The van der Waals surface area contributed by atoms with Gasteiger partial charge in [0.15, 0.2) is 17.1 Å². The van der Waals surface area contributed by atoms with Crippen LogP contribution in [0.15, 0.2) is 36.4 Å². The van der Waals surface area contributed by atoms with Crippen molar-refractivity contribution in [1.29, 1.82) is 0 Å². The third-order valence-electron chi connectivity index (χ3n) is 4.02. The van der Waals surface area contributed by atoms with Crippen molar-refractivity contribution < 1.29 is 29.0 Å². The Kier molecular flexibility index (Phi) is 6.42. The van der Waals surface area contributed by atoms with E-state index in [-0.39, 0.29) is 12.3 Å². The molecule has 9 nitrogen and oxygen atoms in total. The molecule has 2 N–H and O–H groups in total. The number of aliphatic hydroxyl groups is 1. The summed E-state index contributed by atoms with van der Waals surface area (Å²) in [6.45, 7) is 2.55. The number of carbonyl (C=O) groups excluding carboxylic acids is 1. The first-order chi connectivity index (χ1) is 13.2. The maximum atomic E-state index is 12.4. The lowest BCUT2D eigenvalue weighted by atomic mass is 10.1. The number of amides is 1. The smallest absolute Gasteiger partial charge is 0.272 e. The summed E-state index contributed by atoms with van der Waals surface area (Å²) >= 11 is 0. The van der Waals surface area contributed by atoms with Crippen molar-refractivity contribution in [2.75, 3.05) is 26.1 Å². The zero-order chi connectivity index (χ0) is 20.9. The van der Waals surface area contributed by atoms with E-state index in [1.54, 1.807) is 25.1 Å². The second-order valence-electron chi connectivity index (χ2n) is 6.29. The van der Waals surface area contributed by atoms with Crippen LogP contribution >= 0.6 is 0 Å². The molecular formula is C19H22N2O7. The number of nitrogens with zero attached hydrogens (tertiary/aromatic N) is 1. The van der Waals surface area contributed by atoms with E-state index < -0.39 is 16.4 Å². The van der Waals surface area contributed by atoms with E-state index >= 15 is 0 Å². The number of ether oxygens (including phenoxy) is 3. The van der Waals surface area contributed by atoms with Crippen LogP contribution in [0.4, 0.5) is 11.4 Å². The molecule has 1 atom stereocenters. The topological polar surface area (TPSA) is 120 Å². The van der Waals surface area contributed by atoms with E-state index in [0.29, 0.717) is 28.5 Å². The van der Waals surface area contributed by atoms with Crippen molar-refractivity contribution in [2.24, 2.45) is 0 Å². The lowest BCUT2D eigenvalue weighted by molar-refractivity contribution is -0.385. The van der Waals surface area contributed by atoms with Crippen LogP contribution in [0.25, 0.3) is 0 Å².